The van der Waals surface area contributed by atoms with Gasteiger partial charge in [0.05, 0.1) is 24.8 Å². The lowest BCUT2D eigenvalue weighted by Crippen LogP contribution is -2.68. The number of nitrogens with one attached hydrogen (secondary N) is 2. The summed E-state index contributed by atoms with van der Waals surface area (Å²) in [5.74, 6) is 0. The Bertz CT molecular complexity index is 802. The Morgan fingerprint density at radius 2 is 1.50 bits per heavy atom. The molecular formula is C21H47N5O11S. The van der Waals surface area contributed by atoms with E-state index in [1.54, 1.807) is 14.0 Å². The molecule has 0 amide bonds. The van der Waals surface area contributed by atoms with Crippen LogP contribution >= 0.6 is 0 Å². The van der Waals surface area contributed by atoms with Gasteiger partial charge in [-0.1, -0.05) is 7.43 Å². The minimum absolute atomic E-state index is 0. The zero-order chi connectivity index (χ0) is 28.1. The fraction of sp³-hybridized carbons (Fsp3) is 1.00. The summed E-state index contributed by atoms with van der Waals surface area (Å²) in [4.78, 5) is 0. The number of hydrogen-bond donors (Lipinski definition) is 10. The molecule has 0 aromatic rings. The van der Waals surface area contributed by atoms with Crippen LogP contribution < -0.4 is 27.8 Å². The number of rotatable bonds is 7. The second-order valence-electron chi connectivity index (χ2n) is 9.92. The van der Waals surface area contributed by atoms with Crippen molar-refractivity contribution in [2.75, 3.05) is 27.2 Å². The van der Waals surface area contributed by atoms with Gasteiger partial charge >= 0.3 is 10.4 Å². The fourth-order valence-electron chi connectivity index (χ4n) is 4.90. The van der Waals surface area contributed by atoms with E-state index in [2.05, 4.69) is 10.6 Å². The van der Waals surface area contributed by atoms with Crippen LogP contribution in [0.3, 0.4) is 0 Å². The van der Waals surface area contributed by atoms with Crippen molar-refractivity contribution in [3.8, 4) is 0 Å². The molecule has 12 atom stereocenters. The van der Waals surface area contributed by atoms with E-state index < -0.39 is 71.1 Å². The molecule has 1 aliphatic carbocycles. The van der Waals surface area contributed by atoms with Crippen molar-refractivity contribution in [1.29, 1.82) is 0 Å². The van der Waals surface area contributed by atoms with Gasteiger partial charge in [0.2, 0.25) is 0 Å². The maximum absolute atomic E-state index is 11.1. The lowest BCUT2D eigenvalue weighted by atomic mass is 9.84. The van der Waals surface area contributed by atoms with Gasteiger partial charge in [-0.3, -0.25) is 9.11 Å². The molecule has 0 aromatic heterocycles. The minimum Gasteiger partial charge on any atom is -0.388 e. The largest absolute Gasteiger partial charge is 0.394 e. The minimum atomic E-state index is -4.67. The molecular weight excluding hydrogens is 530 g/mol. The van der Waals surface area contributed by atoms with E-state index in [1.807, 2.05) is 7.05 Å². The molecule has 2 heterocycles. The molecule has 38 heavy (non-hydrogen) atoms. The molecule has 13 N–H and O–H groups in total. The third-order valence-electron chi connectivity index (χ3n) is 6.72. The highest BCUT2D eigenvalue weighted by molar-refractivity contribution is 7.79. The van der Waals surface area contributed by atoms with E-state index >= 15 is 0 Å². The zero-order valence-corrected chi connectivity index (χ0v) is 22.0. The standard InChI is InChI=1S/C20H41N5O7.CH4.H2O4S/c1-20(28)8-29-19(14(27)17(20)25-3)32-16-12(23)6-11(22)15(13(16)26)31-18-10(21)5-4-9(30-18)7-24-2;;1-5(2,3)4/h9-19,24-28H,4-8,21-23H2,1-3H3;1H4;(H2,1,2,3,4)/t9-,10+,11-,12+,13-,14+,15+,16-,17+,18+,19+,20-;;/m0../s1. The van der Waals surface area contributed by atoms with Crippen molar-refractivity contribution in [2.24, 2.45) is 17.2 Å². The van der Waals surface area contributed by atoms with Gasteiger partial charge in [0, 0.05) is 18.6 Å². The predicted octanol–water partition coefficient (Wildman–Crippen LogP) is -3.73. The highest BCUT2D eigenvalue weighted by Gasteiger charge is 2.50. The molecule has 2 aliphatic heterocycles. The Labute approximate surface area is 224 Å². The van der Waals surface area contributed by atoms with Gasteiger partial charge in [-0.25, -0.2) is 0 Å². The average Bonchev–Trinajstić information content (AvgIpc) is 2.76. The Balaban J connectivity index is 0.00000110. The second-order valence-corrected chi connectivity index (χ2v) is 10.8. The quantitative estimate of drug-likeness (QED) is 0.130. The molecule has 3 fully saturated rings. The molecule has 16 nitrogen and oxygen atoms in total. The lowest BCUT2D eigenvalue weighted by molar-refractivity contribution is -0.306. The topological polar surface area (TPSA) is 274 Å². The van der Waals surface area contributed by atoms with Gasteiger partial charge in [-0.15, -0.1) is 0 Å². The molecule has 0 unspecified atom stereocenters. The predicted molar refractivity (Wildman–Crippen MR) is 136 cm³/mol. The van der Waals surface area contributed by atoms with E-state index in [0.717, 1.165) is 12.8 Å². The summed E-state index contributed by atoms with van der Waals surface area (Å²) in [6.45, 7) is 2.16. The van der Waals surface area contributed by atoms with Crippen LogP contribution in [0, 0.1) is 0 Å². The van der Waals surface area contributed by atoms with Gasteiger partial charge in [0.25, 0.3) is 0 Å². The van der Waals surface area contributed by atoms with Crippen molar-refractivity contribution in [2.45, 2.75) is 106 Å². The first kappa shape index (κ1) is 35.4. The van der Waals surface area contributed by atoms with Crippen LogP contribution in [0.5, 0.6) is 0 Å². The van der Waals surface area contributed by atoms with Crippen LogP contribution in [-0.2, 0) is 29.3 Å². The van der Waals surface area contributed by atoms with E-state index in [9.17, 15) is 15.3 Å². The molecule has 0 spiro atoms. The second kappa shape index (κ2) is 14.9. The summed E-state index contributed by atoms with van der Waals surface area (Å²) in [5, 5.41) is 38.1. The van der Waals surface area contributed by atoms with Gasteiger partial charge in [-0.05, 0) is 40.3 Å². The fourth-order valence-corrected chi connectivity index (χ4v) is 4.90. The molecule has 0 bridgehead atoms. The third-order valence-corrected chi connectivity index (χ3v) is 6.72. The summed E-state index contributed by atoms with van der Waals surface area (Å²) in [6, 6.07) is -2.20. The number of ether oxygens (including phenoxy) is 4. The van der Waals surface area contributed by atoms with Gasteiger partial charge in [0.15, 0.2) is 12.6 Å². The summed E-state index contributed by atoms with van der Waals surface area (Å²) in [7, 11) is -1.19. The molecule has 1 saturated carbocycles. The summed E-state index contributed by atoms with van der Waals surface area (Å²) >= 11 is 0. The van der Waals surface area contributed by atoms with Crippen LogP contribution in [0.4, 0.5) is 0 Å². The first-order valence-corrected chi connectivity index (χ1v) is 13.4. The van der Waals surface area contributed by atoms with Crippen molar-refractivity contribution < 1.29 is 51.8 Å². The molecule has 0 radical (unpaired) electrons. The number of aliphatic hydroxyl groups excluding tert-OH is 2. The van der Waals surface area contributed by atoms with E-state index in [4.69, 9.17) is 53.7 Å². The Morgan fingerprint density at radius 3 is 2.00 bits per heavy atom. The smallest absolute Gasteiger partial charge is 0.388 e. The van der Waals surface area contributed by atoms with Crippen LogP contribution in [0.15, 0.2) is 0 Å². The first-order chi connectivity index (χ1) is 17.1. The Kier molecular flexibility index (Phi) is 13.8. The highest BCUT2D eigenvalue weighted by atomic mass is 32.3. The van der Waals surface area contributed by atoms with E-state index in [0.29, 0.717) is 13.0 Å². The van der Waals surface area contributed by atoms with Gasteiger partial charge in [-0.2, -0.15) is 8.42 Å². The Hall–Kier alpha value is -0.610. The number of likely N-dealkylation sites (N-methyl/N-ethyl adjacent to an activating group) is 2. The number of hydrogen-bond acceptors (Lipinski definition) is 14. The normalized spacial score (nSPS) is 43.9. The maximum Gasteiger partial charge on any atom is 0.394 e. The van der Waals surface area contributed by atoms with Crippen LogP contribution in [0.2, 0.25) is 0 Å². The van der Waals surface area contributed by atoms with Crippen molar-refractivity contribution in [3.05, 3.63) is 0 Å². The summed E-state index contributed by atoms with van der Waals surface area (Å²) in [5.41, 5.74) is 17.4. The highest BCUT2D eigenvalue weighted by Crippen LogP contribution is 2.31. The average molecular weight is 578 g/mol. The molecule has 2 saturated heterocycles. The van der Waals surface area contributed by atoms with Gasteiger partial charge < -0.3 is 62.1 Å². The van der Waals surface area contributed by atoms with Gasteiger partial charge in [0.1, 0.15) is 30.0 Å². The third kappa shape index (κ3) is 9.79. The Morgan fingerprint density at radius 1 is 0.974 bits per heavy atom. The first-order valence-electron chi connectivity index (χ1n) is 12.0. The monoisotopic (exact) mass is 577 g/mol. The summed E-state index contributed by atoms with van der Waals surface area (Å²) in [6.07, 6.45) is -4.12. The van der Waals surface area contributed by atoms with Crippen LogP contribution in [0.1, 0.15) is 33.6 Å². The van der Waals surface area contributed by atoms with E-state index in [1.165, 1.54) is 0 Å². The van der Waals surface area contributed by atoms with Crippen LogP contribution in [0.25, 0.3) is 0 Å². The molecule has 228 valence electrons. The SMILES string of the molecule is C.CNC[C@@H]1CC[C@@H](N)[C@@H](O[C@H]2[C@H](O)[C@@H](O[C@H]3OC[C@](C)(O)[C@H](NC)[C@H]3O)[C@H](N)C[C@@H]2N)O1.O=S(=O)(O)O. The van der Waals surface area contributed by atoms with Crippen molar-refractivity contribution >= 4 is 10.4 Å². The van der Waals surface area contributed by atoms with Crippen molar-refractivity contribution in [1.82, 2.24) is 10.6 Å². The molecule has 3 rings (SSSR count). The zero-order valence-electron chi connectivity index (χ0n) is 21.2. The van der Waals surface area contributed by atoms with E-state index in [-0.39, 0.29) is 26.2 Å². The van der Waals surface area contributed by atoms with Crippen molar-refractivity contribution in [3.63, 3.8) is 0 Å². The van der Waals surface area contributed by atoms with Crippen LogP contribution in [-0.4, -0.2) is 133 Å². The summed E-state index contributed by atoms with van der Waals surface area (Å²) < 4.78 is 55.1. The molecule has 3 aliphatic rings. The maximum atomic E-state index is 11.1. The molecule has 17 heteroatoms. The lowest BCUT2D eigenvalue weighted by Gasteiger charge is -2.48. The number of aliphatic hydroxyl groups is 3. The molecule has 0 aromatic carbocycles. The number of nitrogens with two attached hydrogens (primary N) is 3.